The first-order chi connectivity index (χ1) is 7.88. The van der Waals surface area contributed by atoms with E-state index in [2.05, 4.69) is 10.1 Å². The molecule has 0 aromatic carbocycles. The largest absolute Gasteiger partial charge is 0.397 e. The minimum absolute atomic E-state index is 0.161. The molecule has 2 aromatic heterocycles. The normalized spacial score (nSPS) is 11.6. The minimum atomic E-state index is -3.24. The van der Waals surface area contributed by atoms with Crippen LogP contribution in [-0.2, 0) is 9.84 Å². The highest BCUT2D eigenvalue weighted by atomic mass is 32.2. The van der Waals surface area contributed by atoms with E-state index in [1.807, 2.05) is 0 Å². The fourth-order valence-corrected chi connectivity index (χ4v) is 1.84. The Morgan fingerprint density at radius 1 is 1.35 bits per heavy atom. The lowest BCUT2D eigenvalue weighted by molar-refractivity contribution is 0.602. The van der Waals surface area contributed by atoms with Crippen LogP contribution in [0.2, 0.25) is 0 Å². The highest BCUT2D eigenvalue weighted by Gasteiger charge is 2.11. The van der Waals surface area contributed by atoms with Crippen molar-refractivity contribution in [1.29, 1.82) is 0 Å². The summed E-state index contributed by atoms with van der Waals surface area (Å²) in [6.45, 7) is 1.78. The van der Waals surface area contributed by atoms with E-state index in [0.29, 0.717) is 17.2 Å². The van der Waals surface area contributed by atoms with Gasteiger partial charge >= 0.3 is 0 Å². The average molecular weight is 252 g/mol. The number of sulfone groups is 1. The Kier molecular flexibility index (Phi) is 2.62. The fraction of sp³-hybridized carbons (Fsp3) is 0.200. The maximum atomic E-state index is 11.3. The predicted octanol–water partition coefficient (Wildman–Crippen LogP) is 0.561. The number of aryl methyl sites for hydroxylation is 1. The van der Waals surface area contributed by atoms with E-state index in [1.54, 1.807) is 19.1 Å². The third kappa shape index (κ3) is 2.28. The van der Waals surface area contributed by atoms with E-state index in [9.17, 15) is 8.42 Å². The summed E-state index contributed by atoms with van der Waals surface area (Å²) in [7, 11) is -3.24. The summed E-state index contributed by atoms with van der Waals surface area (Å²) < 4.78 is 24.0. The summed E-state index contributed by atoms with van der Waals surface area (Å²) in [5.41, 5.74) is 6.92. The van der Waals surface area contributed by atoms with Crippen molar-refractivity contribution >= 4 is 15.5 Å². The highest BCUT2D eigenvalue weighted by molar-refractivity contribution is 7.90. The molecule has 90 valence electrons. The van der Waals surface area contributed by atoms with Crippen LogP contribution < -0.4 is 5.73 Å². The molecule has 0 saturated heterocycles. The molecule has 0 fully saturated rings. The lowest BCUT2D eigenvalue weighted by atomic mass is 10.3. The van der Waals surface area contributed by atoms with Crippen molar-refractivity contribution in [2.75, 3.05) is 12.0 Å². The quantitative estimate of drug-likeness (QED) is 0.843. The van der Waals surface area contributed by atoms with Crippen LogP contribution in [0.3, 0.4) is 0 Å². The van der Waals surface area contributed by atoms with E-state index in [4.69, 9.17) is 5.73 Å². The SMILES string of the molecule is Cc1nc(-n2cc(S(C)(=O)=O)cn2)ccc1N. The van der Waals surface area contributed by atoms with Crippen LogP contribution in [0.1, 0.15) is 5.69 Å². The zero-order valence-corrected chi connectivity index (χ0v) is 10.3. The van der Waals surface area contributed by atoms with E-state index >= 15 is 0 Å². The molecular formula is C10H12N4O2S. The first kappa shape index (κ1) is 11.6. The number of nitrogens with two attached hydrogens (primary N) is 1. The van der Waals surface area contributed by atoms with Gasteiger partial charge in [0.15, 0.2) is 15.7 Å². The summed E-state index contributed by atoms with van der Waals surface area (Å²) >= 11 is 0. The number of pyridine rings is 1. The second kappa shape index (κ2) is 3.85. The van der Waals surface area contributed by atoms with Crippen molar-refractivity contribution in [3.8, 4) is 5.82 Å². The maximum Gasteiger partial charge on any atom is 0.178 e. The number of hydrogen-bond donors (Lipinski definition) is 1. The summed E-state index contributed by atoms with van der Waals surface area (Å²) in [6.07, 6.45) is 3.85. The second-order valence-corrected chi connectivity index (χ2v) is 5.75. The van der Waals surface area contributed by atoms with Gasteiger partial charge in [0.05, 0.1) is 23.8 Å². The topological polar surface area (TPSA) is 90.9 Å². The average Bonchev–Trinajstić information content (AvgIpc) is 2.70. The molecule has 17 heavy (non-hydrogen) atoms. The van der Waals surface area contributed by atoms with E-state index in [0.717, 1.165) is 6.26 Å². The zero-order valence-electron chi connectivity index (χ0n) is 9.45. The molecule has 6 nitrogen and oxygen atoms in total. The third-order valence-electron chi connectivity index (χ3n) is 2.33. The molecule has 0 aliphatic carbocycles. The van der Waals surface area contributed by atoms with E-state index in [1.165, 1.54) is 17.1 Å². The summed E-state index contributed by atoms with van der Waals surface area (Å²) in [5.74, 6) is 0.534. The summed E-state index contributed by atoms with van der Waals surface area (Å²) in [5, 5.41) is 3.96. The Balaban J connectivity index is 2.47. The van der Waals surface area contributed by atoms with Crippen molar-refractivity contribution in [2.24, 2.45) is 0 Å². The Bertz CT molecular complexity index is 661. The molecule has 2 rings (SSSR count). The van der Waals surface area contributed by atoms with E-state index < -0.39 is 9.84 Å². The van der Waals surface area contributed by atoms with Gasteiger partial charge in [0.25, 0.3) is 0 Å². The fourth-order valence-electron chi connectivity index (χ4n) is 1.31. The van der Waals surface area contributed by atoms with Crippen LogP contribution in [0.15, 0.2) is 29.4 Å². The van der Waals surface area contributed by atoms with Gasteiger partial charge in [-0.15, -0.1) is 0 Å². The number of aromatic nitrogens is 3. The minimum Gasteiger partial charge on any atom is -0.397 e. The molecule has 0 radical (unpaired) electrons. The van der Waals surface area contributed by atoms with Gasteiger partial charge in [0.1, 0.15) is 4.90 Å². The summed E-state index contributed by atoms with van der Waals surface area (Å²) in [6, 6.07) is 3.39. The molecule has 0 unspecified atom stereocenters. The van der Waals surface area contributed by atoms with Crippen molar-refractivity contribution in [2.45, 2.75) is 11.8 Å². The molecule has 0 amide bonds. The number of hydrogen-bond acceptors (Lipinski definition) is 5. The van der Waals surface area contributed by atoms with Crippen LogP contribution >= 0.6 is 0 Å². The molecule has 0 aliphatic rings. The Morgan fingerprint density at radius 2 is 2.06 bits per heavy atom. The Morgan fingerprint density at radius 3 is 2.59 bits per heavy atom. The van der Waals surface area contributed by atoms with Crippen molar-refractivity contribution < 1.29 is 8.42 Å². The van der Waals surface area contributed by atoms with Gasteiger partial charge in [-0.2, -0.15) is 5.10 Å². The smallest absolute Gasteiger partial charge is 0.178 e. The van der Waals surface area contributed by atoms with Crippen LogP contribution in [0.25, 0.3) is 5.82 Å². The Hall–Kier alpha value is -1.89. The Labute approximate surface area is 99.0 Å². The van der Waals surface area contributed by atoms with Crippen molar-refractivity contribution in [3.63, 3.8) is 0 Å². The summed E-state index contributed by atoms with van der Waals surface area (Å²) in [4.78, 5) is 4.38. The third-order valence-corrected chi connectivity index (χ3v) is 3.40. The molecule has 2 N–H and O–H groups in total. The van der Waals surface area contributed by atoms with Gasteiger partial charge in [0.2, 0.25) is 0 Å². The number of nitrogens with zero attached hydrogens (tertiary/aromatic N) is 3. The first-order valence-electron chi connectivity index (χ1n) is 4.86. The predicted molar refractivity (Wildman–Crippen MR) is 63.6 cm³/mol. The number of rotatable bonds is 2. The van der Waals surface area contributed by atoms with Crippen molar-refractivity contribution in [3.05, 3.63) is 30.2 Å². The van der Waals surface area contributed by atoms with Crippen molar-refractivity contribution in [1.82, 2.24) is 14.8 Å². The van der Waals surface area contributed by atoms with Gasteiger partial charge in [0, 0.05) is 6.26 Å². The molecule has 0 bridgehead atoms. The number of anilines is 1. The molecule has 0 aliphatic heterocycles. The molecule has 2 heterocycles. The lowest BCUT2D eigenvalue weighted by Crippen LogP contribution is -2.01. The first-order valence-corrected chi connectivity index (χ1v) is 6.75. The van der Waals surface area contributed by atoms with Crippen LogP contribution in [-0.4, -0.2) is 29.4 Å². The van der Waals surface area contributed by atoms with Gasteiger partial charge in [-0.1, -0.05) is 0 Å². The molecule has 0 saturated carbocycles. The standard InChI is InChI=1S/C10H12N4O2S/c1-7-9(11)3-4-10(13-7)14-6-8(5-12-14)17(2,15)16/h3-6H,11H2,1-2H3. The number of nitrogen functional groups attached to an aromatic ring is 1. The molecule has 7 heteroatoms. The zero-order chi connectivity index (χ0) is 12.6. The van der Waals surface area contributed by atoms with E-state index in [-0.39, 0.29) is 4.90 Å². The molecule has 0 spiro atoms. The van der Waals surface area contributed by atoms with Gasteiger partial charge in [-0.25, -0.2) is 18.1 Å². The molecule has 0 atom stereocenters. The van der Waals surface area contributed by atoms with Crippen LogP contribution in [0.4, 0.5) is 5.69 Å². The second-order valence-electron chi connectivity index (χ2n) is 3.74. The van der Waals surface area contributed by atoms with Crippen LogP contribution in [0, 0.1) is 6.92 Å². The van der Waals surface area contributed by atoms with Crippen LogP contribution in [0.5, 0.6) is 0 Å². The highest BCUT2D eigenvalue weighted by Crippen LogP contribution is 2.13. The maximum absolute atomic E-state index is 11.3. The molecular weight excluding hydrogens is 240 g/mol. The molecule has 2 aromatic rings. The lowest BCUT2D eigenvalue weighted by Gasteiger charge is -2.03. The van der Waals surface area contributed by atoms with Gasteiger partial charge < -0.3 is 5.73 Å². The van der Waals surface area contributed by atoms with Gasteiger partial charge in [-0.3, -0.25) is 0 Å². The monoisotopic (exact) mass is 252 g/mol. The van der Waals surface area contributed by atoms with Gasteiger partial charge in [-0.05, 0) is 19.1 Å².